The van der Waals surface area contributed by atoms with Gasteiger partial charge in [0.05, 0.1) is 0 Å². The summed E-state index contributed by atoms with van der Waals surface area (Å²) in [5.74, 6) is 0.868. The van der Waals surface area contributed by atoms with Gasteiger partial charge in [0.1, 0.15) is 5.75 Å². The van der Waals surface area contributed by atoms with Crippen LogP contribution >= 0.6 is 12.4 Å². The van der Waals surface area contributed by atoms with Gasteiger partial charge in [-0.25, -0.2) is 0 Å². The van der Waals surface area contributed by atoms with Crippen LogP contribution in [0.4, 0.5) is 5.69 Å². The van der Waals surface area contributed by atoms with Gasteiger partial charge in [0, 0.05) is 18.2 Å². The van der Waals surface area contributed by atoms with Gasteiger partial charge in [-0.2, -0.15) is 0 Å². The molecule has 1 aliphatic heterocycles. The Morgan fingerprint density at radius 1 is 1.46 bits per heavy atom. The van der Waals surface area contributed by atoms with Crippen molar-refractivity contribution in [2.75, 3.05) is 25.0 Å². The fraction of sp³-hybridized carbons (Fsp3) is 0.529. The zero-order valence-electron chi connectivity index (χ0n) is 13.9. The van der Waals surface area contributed by atoms with Crippen LogP contribution in [-0.4, -0.2) is 31.5 Å². The van der Waals surface area contributed by atoms with E-state index in [0.29, 0.717) is 29.7 Å². The summed E-state index contributed by atoms with van der Waals surface area (Å²) in [6.45, 7) is 4.02. The van der Waals surface area contributed by atoms with E-state index in [1.165, 1.54) is 12.8 Å². The van der Waals surface area contributed by atoms with E-state index in [0.717, 1.165) is 13.1 Å². The first-order chi connectivity index (χ1) is 11.0. The van der Waals surface area contributed by atoms with Crippen LogP contribution in [0.3, 0.4) is 0 Å². The molecule has 4 N–H and O–H groups in total. The van der Waals surface area contributed by atoms with Crippen LogP contribution in [0.15, 0.2) is 24.3 Å². The minimum absolute atomic E-state index is 0. The first-order valence-corrected chi connectivity index (χ1v) is 8.06. The summed E-state index contributed by atoms with van der Waals surface area (Å²) >= 11 is 0. The van der Waals surface area contributed by atoms with E-state index in [1.54, 1.807) is 24.3 Å². The molecule has 2 rings (SSSR count). The fourth-order valence-electron chi connectivity index (χ4n) is 2.85. The highest BCUT2D eigenvalue weighted by Crippen LogP contribution is 2.23. The molecule has 1 aliphatic rings. The molecule has 0 aromatic heterocycles. The fourth-order valence-corrected chi connectivity index (χ4v) is 2.85. The van der Waals surface area contributed by atoms with Crippen LogP contribution in [-0.2, 0) is 9.59 Å². The van der Waals surface area contributed by atoms with Gasteiger partial charge >= 0.3 is 0 Å². The number of benzene rings is 1. The summed E-state index contributed by atoms with van der Waals surface area (Å²) in [4.78, 5) is 22.9. The second-order valence-corrected chi connectivity index (χ2v) is 6.12. The number of hydrogen-bond donors (Lipinski definition) is 3. The van der Waals surface area contributed by atoms with Crippen molar-refractivity contribution >= 4 is 29.9 Å². The number of hydrogen-bond acceptors (Lipinski definition) is 4. The van der Waals surface area contributed by atoms with E-state index in [9.17, 15) is 9.59 Å². The number of nitrogens with two attached hydrogens (primary N) is 1. The number of ether oxygens (including phenoxy) is 1. The summed E-state index contributed by atoms with van der Waals surface area (Å²) in [5.41, 5.74) is 5.70. The Kier molecular flexibility index (Phi) is 8.57. The third-order valence-corrected chi connectivity index (χ3v) is 4.15. The smallest absolute Gasteiger partial charge is 0.255 e. The number of halogens is 1. The van der Waals surface area contributed by atoms with Gasteiger partial charge in [0.25, 0.3) is 5.91 Å². The molecule has 0 saturated carbocycles. The topological polar surface area (TPSA) is 93.4 Å². The lowest BCUT2D eigenvalue weighted by molar-refractivity contribution is -0.120. The van der Waals surface area contributed by atoms with Crippen molar-refractivity contribution < 1.29 is 14.3 Å². The zero-order chi connectivity index (χ0) is 16.7. The number of nitrogens with one attached hydrogen (secondary N) is 2. The van der Waals surface area contributed by atoms with E-state index in [2.05, 4.69) is 17.6 Å². The van der Waals surface area contributed by atoms with E-state index in [1.807, 2.05) is 0 Å². The maximum atomic E-state index is 12.2. The van der Waals surface area contributed by atoms with E-state index in [-0.39, 0.29) is 24.9 Å². The molecule has 1 saturated heterocycles. The summed E-state index contributed by atoms with van der Waals surface area (Å²) in [6.07, 6.45) is 2.85. The average molecular weight is 356 g/mol. The molecule has 1 aromatic rings. The molecule has 0 radical (unpaired) electrons. The van der Waals surface area contributed by atoms with Gasteiger partial charge in [0.15, 0.2) is 6.61 Å². The number of anilines is 1. The lowest BCUT2D eigenvalue weighted by Gasteiger charge is -2.28. The molecule has 2 amide bonds. The third kappa shape index (κ3) is 6.76. The summed E-state index contributed by atoms with van der Waals surface area (Å²) in [6, 6.07) is 6.96. The summed E-state index contributed by atoms with van der Waals surface area (Å²) in [5, 5.41) is 6.27. The molecule has 0 spiro atoms. The average Bonchev–Trinajstić information content (AvgIpc) is 2.54. The molecule has 2 unspecified atom stereocenters. The largest absolute Gasteiger partial charge is 0.484 e. The van der Waals surface area contributed by atoms with Crippen LogP contribution in [0.5, 0.6) is 5.75 Å². The molecular weight excluding hydrogens is 330 g/mol. The first-order valence-electron chi connectivity index (χ1n) is 8.06. The lowest BCUT2D eigenvalue weighted by atomic mass is 9.85. The molecule has 1 heterocycles. The van der Waals surface area contributed by atoms with Crippen molar-refractivity contribution in [1.82, 2.24) is 5.32 Å². The second kappa shape index (κ2) is 10.2. The molecule has 1 fully saturated rings. The standard InChI is InChI=1S/C17H25N3O3.ClH/c1-12(13-4-3-7-19-10-13)8-17(22)20-14-5-2-6-15(9-14)23-11-16(18)21;/h2,5-6,9,12-13,19H,3-4,7-8,10-11H2,1H3,(H2,18,21)(H,20,22);1H. The molecule has 7 heteroatoms. The van der Waals surface area contributed by atoms with Gasteiger partial charge in [-0.15, -0.1) is 12.4 Å². The summed E-state index contributed by atoms with van der Waals surface area (Å²) < 4.78 is 5.23. The Labute approximate surface area is 148 Å². The minimum atomic E-state index is -0.533. The van der Waals surface area contributed by atoms with Crippen LogP contribution in [0, 0.1) is 11.8 Å². The Morgan fingerprint density at radius 2 is 2.25 bits per heavy atom. The maximum Gasteiger partial charge on any atom is 0.255 e. The van der Waals surface area contributed by atoms with Crippen LogP contribution in [0.2, 0.25) is 0 Å². The van der Waals surface area contributed by atoms with E-state index < -0.39 is 5.91 Å². The zero-order valence-corrected chi connectivity index (χ0v) is 14.7. The normalized spacial score (nSPS) is 18.1. The number of carbonyl (C=O) groups is 2. The van der Waals surface area contributed by atoms with Gasteiger partial charge in [-0.05, 0) is 49.9 Å². The Hall–Kier alpha value is -1.79. The van der Waals surface area contributed by atoms with Crippen molar-refractivity contribution in [1.29, 1.82) is 0 Å². The molecular formula is C17H26ClN3O3. The number of carbonyl (C=O) groups excluding carboxylic acids is 2. The molecule has 6 nitrogen and oxygen atoms in total. The molecule has 24 heavy (non-hydrogen) atoms. The molecule has 1 aromatic carbocycles. The van der Waals surface area contributed by atoms with Crippen molar-refractivity contribution in [2.45, 2.75) is 26.2 Å². The first kappa shape index (κ1) is 20.3. The maximum absolute atomic E-state index is 12.2. The van der Waals surface area contributed by atoms with E-state index in [4.69, 9.17) is 10.5 Å². The number of amides is 2. The Morgan fingerprint density at radius 3 is 2.92 bits per heavy atom. The molecule has 134 valence electrons. The predicted molar refractivity (Wildman–Crippen MR) is 96.4 cm³/mol. The Balaban J connectivity index is 0.00000288. The number of rotatable bonds is 7. The van der Waals surface area contributed by atoms with Gasteiger partial charge in [-0.1, -0.05) is 13.0 Å². The predicted octanol–water partition coefficient (Wildman–Crippen LogP) is 1.94. The van der Waals surface area contributed by atoms with Gasteiger partial charge < -0.3 is 21.1 Å². The highest BCUT2D eigenvalue weighted by Gasteiger charge is 2.22. The van der Waals surface area contributed by atoms with Crippen molar-refractivity contribution in [3.05, 3.63) is 24.3 Å². The third-order valence-electron chi connectivity index (χ3n) is 4.15. The lowest BCUT2D eigenvalue weighted by Crippen LogP contribution is -2.34. The van der Waals surface area contributed by atoms with Crippen molar-refractivity contribution in [2.24, 2.45) is 17.6 Å². The number of piperidine rings is 1. The van der Waals surface area contributed by atoms with Crippen LogP contribution in [0.25, 0.3) is 0 Å². The van der Waals surface area contributed by atoms with Crippen molar-refractivity contribution in [3.8, 4) is 5.75 Å². The highest BCUT2D eigenvalue weighted by atomic mass is 35.5. The quantitative estimate of drug-likeness (QED) is 0.696. The SMILES string of the molecule is CC(CC(=O)Nc1cccc(OCC(N)=O)c1)C1CCCNC1.Cl. The van der Waals surface area contributed by atoms with Gasteiger partial charge in [0.2, 0.25) is 5.91 Å². The van der Waals surface area contributed by atoms with E-state index >= 15 is 0 Å². The van der Waals surface area contributed by atoms with Gasteiger partial charge in [-0.3, -0.25) is 9.59 Å². The highest BCUT2D eigenvalue weighted by molar-refractivity contribution is 5.91. The minimum Gasteiger partial charge on any atom is -0.484 e. The molecule has 2 atom stereocenters. The van der Waals surface area contributed by atoms with Crippen LogP contribution in [0.1, 0.15) is 26.2 Å². The molecule has 0 bridgehead atoms. The monoisotopic (exact) mass is 355 g/mol. The number of primary amides is 1. The van der Waals surface area contributed by atoms with Crippen molar-refractivity contribution in [3.63, 3.8) is 0 Å². The second-order valence-electron chi connectivity index (χ2n) is 6.12. The Bertz CT molecular complexity index is 548. The van der Waals surface area contributed by atoms with Crippen LogP contribution < -0.4 is 21.1 Å². The summed E-state index contributed by atoms with van der Waals surface area (Å²) in [7, 11) is 0. The molecule has 0 aliphatic carbocycles.